The van der Waals surface area contributed by atoms with Crippen molar-refractivity contribution in [2.45, 2.75) is 6.42 Å². The summed E-state index contributed by atoms with van der Waals surface area (Å²) in [6.45, 7) is 0.994. The number of carbonyl (C=O) groups excluding carboxylic acids is 1. The minimum absolute atomic E-state index is 0.133. The number of nitrogens with two attached hydrogens (primary N) is 1. The van der Waals surface area contributed by atoms with Crippen LogP contribution in [-0.4, -0.2) is 31.4 Å². The van der Waals surface area contributed by atoms with Crippen molar-refractivity contribution < 1.29 is 4.79 Å². The second-order valence-corrected chi connectivity index (χ2v) is 3.27. The van der Waals surface area contributed by atoms with Gasteiger partial charge in [-0.1, -0.05) is 0 Å². The molecule has 0 spiro atoms. The Hall–Kier alpha value is -0.570. The van der Waals surface area contributed by atoms with Crippen LogP contribution in [0.2, 0.25) is 0 Å². The third kappa shape index (κ3) is 1.70. The second kappa shape index (κ2) is 2.58. The minimum Gasteiger partial charge on any atom is -0.369 e. The summed E-state index contributed by atoms with van der Waals surface area (Å²) in [6, 6.07) is 0. The van der Waals surface area contributed by atoms with Gasteiger partial charge in [0.25, 0.3) is 0 Å². The monoisotopic (exact) mass is 142 g/mol. The van der Waals surface area contributed by atoms with Gasteiger partial charge < -0.3 is 10.6 Å². The van der Waals surface area contributed by atoms with Gasteiger partial charge in [0, 0.05) is 12.5 Å². The van der Waals surface area contributed by atoms with Crippen molar-refractivity contribution in [1.29, 1.82) is 0 Å². The Morgan fingerprint density at radius 1 is 1.70 bits per heavy atom. The molecule has 0 aromatic rings. The number of hydrogen-bond donors (Lipinski definition) is 1. The van der Waals surface area contributed by atoms with Crippen molar-refractivity contribution in [3.63, 3.8) is 0 Å². The molecular weight excluding hydrogens is 128 g/mol. The summed E-state index contributed by atoms with van der Waals surface area (Å²) in [6.07, 6.45) is 0.994. The molecule has 2 N–H and O–H groups in total. The van der Waals surface area contributed by atoms with Gasteiger partial charge in [0.2, 0.25) is 5.91 Å². The minimum atomic E-state index is -0.133. The predicted octanol–water partition coefficient (Wildman–Crippen LogP) is -0.331. The zero-order valence-corrected chi connectivity index (χ0v) is 6.50. The molecule has 0 saturated heterocycles. The first kappa shape index (κ1) is 7.54. The summed E-state index contributed by atoms with van der Waals surface area (Å²) in [5.41, 5.74) is 5.11. The Balaban J connectivity index is 2.20. The smallest absolute Gasteiger partial charge is 0.220 e. The van der Waals surface area contributed by atoms with E-state index in [2.05, 4.69) is 4.90 Å². The van der Waals surface area contributed by atoms with E-state index in [1.54, 1.807) is 0 Å². The second-order valence-electron chi connectivity index (χ2n) is 3.27. The molecule has 10 heavy (non-hydrogen) atoms. The first-order valence-corrected chi connectivity index (χ1v) is 3.55. The number of amides is 1. The van der Waals surface area contributed by atoms with Gasteiger partial charge >= 0.3 is 0 Å². The topological polar surface area (TPSA) is 46.3 Å². The van der Waals surface area contributed by atoms with Crippen LogP contribution in [0.5, 0.6) is 0 Å². The molecule has 0 aliphatic heterocycles. The van der Waals surface area contributed by atoms with Crippen LogP contribution in [0.15, 0.2) is 0 Å². The molecule has 0 aromatic carbocycles. The molecular formula is C7H14N2O. The largest absolute Gasteiger partial charge is 0.369 e. The fourth-order valence-electron chi connectivity index (χ4n) is 1.27. The number of nitrogens with zero attached hydrogens (tertiary/aromatic N) is 1. The number of primary amides is 1. The molecule has 58 valence electrons. The van der Waals surface area contributed by atoms with E-state index in [1.165, 1.54) is 0 Å². The average Bonchev–Trinajstić information content (AvgIpc) is 2.43. The Morgan fingerprint density at radius 3 is 2.60 bits per heavy atom. The SMILES string of the molecule is CN(C)CC1CC1C(N)=O. The van der Waals surface area contributed by atoms with Gasteiger partial charge in [-0.15, -0.1) is 0 Å². The fourth-order valence-corrected chi connectivity index (χ4v) is 1.27. The lowest BCUT2D eigenvalue weighted by Gasteiger charge is -2.06. The van der Waals surface area contributed by atoms with Crippen LogP contribution < -0.4 is 5.73 Å². The van der Waals surface area contributed by atoms with E-state index in [9.17, 15) is 4.79 Å². The van der Waals surface area contributed by atoms with Crippen molar-refractivity contribution in [2.75, 3.05) is 20.6 Å². The van der Waals surface area contributed by atoms with E-state index in [-0.39, 0.29) is 11.8 Å². The Kier molecular flexibility index (Phi) is 1.94. The fraction of sp³-hybridized carbons (Fsp3) is 0.857. The highest BCUT2D eigenvalue weighted by Gasteiger charge is 2.41. The molecule has 1 saturated carbocycles. The lowest BCUT2D eigenvalue weighted by molar-refractivity contribution is -0.119. The molecule has 0 radical (unpaired) electrons. The van der Waals surface area contributed by atoms with E-state index in [0.717, 1.165) is 13.0 Å². The maximum Gasteiger partial charge on any atom is 0.220 e. The summed E-state index contributed by atoms with van der Waals surface area (Å²) in [4.78, 5) is 12.6. The quantitative estimate of drug-likeness (QED) is 0.586. The first-order valence-electron chi connectivity index (χ1n) is 3.55. The summed E-state index contributed by atoms with van der Waals surface area (Å²) in [5, 5.41) is 0. The molecule has 3 heteroatoms. The first-order chi connectivity index (χ1) is 4.61. The van der Waals surface area contributed by atoms with Crippen LogP contribution in [0.3, 0.4) is 0 Å². The maximum atomic E-state index is 10.6. The molecule has 1 rings (SSSR count). The standard InChI is InChI=1S/C7H14N2O/c1-9(2)4-5-3-6(5)7(8)10/h5-6H,3-4H2,1-2H3,(H2,8,10). The number of carbonyl (C=O) groups is 1. The highest BCUT2D eigenvalue weighted by atomic mass is 16.1. The van der Waals surface area contributed by atoms with E-state index < -0.39 is 0 Å². The van der Waals surface area contributed by atoms with Crippen LogP contribution in [0, 0.1) is 11.8 Å². The molecule has 1 aliphatic carbocycles. The molecule has 1 fully saturated rings. The molecule has 1 amide bonds. The Bertz CT molecular complexity index is 145. The molecule has 0 bridgehead atoms. The summed E-state index contributed by atoms with van der Waals surface area (Å²) in [5.74, 6) is 0.571. The summed E-state index contributed by atoms with van der Waals surface area (Å²) in [7, 11) is 4.02. The number of hydrogen-bond acceptors (Lipinski definition) is 2. The van der Waals surface area contributed by atoms with Crippen molar-refractivity contribution in [3.05, 3.63) is 0 Å². The highest BCUT2D eigenvalue weighted by molar-refractivity contribution is 5.79. The molecule has 0 aromatic heterocycles. The van der Waals surface area contributed by atoms with Crippen LogP contribution in [0.4, 0.5) is 0 Å². The lowest BCUT2D eigenvalue weighted by atomic mass is 10.3. The third-order valence-electron chi connectivity index (χ3n) is 1.89. The zero-order chi connectivity index (χ0) is 7.72. The molecule has 1 aliphatic rings. The third-order valence-corrected chi connectivity index (χ3v) is 1.89. The van der Waals surface area contributed by atoms with E-state index in [1.807, 2.05) is 14.1 Å². The summed E-state index contributed by atoms with van der Waals surface area (Å²) < 4.78 is 0. The van der Waals surface area contributed by atoms with Gasteiger partial charge in [-0.2, -0.15) is 0 Å². The van der Waals surface area contributed by atoms with Gasteiger partial charge in [-0.3, -0.25) is 4.79 Å². The van der Waals surface area contributed by atoms with Crippen molar-refractivity contribution in [2.24, 2.45) is 17.6 Å². The molecule has 2 atom stereocenters. The molecule has 2 unspecified atom stereocenters. The van der Waals surface area contributed by atoms with Crippen molar-refractivity contribution >= 4 is 5.91 Å². The highest BCUT2D eigenvalue weighted by Crippen LogP contribution is 2.38. The Labute approximate surface area is 61.2 Å². The van der Waals surface area contributed by atoms with E-state index in [4.69, 9.17) is 5.73 Å². The van der Waals surface area contributed by atoms with Crippen LogP contribution in [0.1, 0.15) is 6.42 Å². The van der Waals surface area contributed by atoms with Gasteiger partial charge in [0.1, 0.15) is 0 Å². The summed E-state index contributed by atoms with van der Waals surface area (Å²) >= 11 is 0. The van der Waals surface area contributed by atoms with Crippen LogP contribution in [0.25, 0.3) is 0 Å². The Morgan fingerprint density at radius 2 is 2.30 bits per heavy atom. The van der Waals surface area contributed by atoms with E-state index >= 15 is 0 Å². The lowest BCUT2D eigenvalue weighted by Crippen LogP contribution is -2.20. The van der Waals surface area contributed by atoms with Gasteiger partial charge in [-0.25, -0.2) is 0 Å². The van der Waals surface area contributed by atoms with Crippen molar-refractivity contribution in [1.82, 2.24) is 4.90 Å². The van der Waals surface area contributed by atoms with Gasteiger partial charge in [0.15, 0.2) is 0 Å². The van der Waals surface area contributed by atoms with E-state index in [0.29, 0.717) is 5.92 Å². The van der Waals surface area contributed by atoms with Crippen molar-refractivity contribution in [3.8, 4) is 0 Å². The van der Waals surface area contributed by atoms with Gasteiger partial charge in [0.05, 0.1) is 0 Å². The molecule has 3 nitrogen and oxygen atoms in total. The number of rotatable bonds is 3. The van der Waals surface area contributed by atoms with Crippen LogP contribution in [-0.2, 0) is 4.79 Å². The normalized spacial score (nSPS) is 30.7. The predicted molar refractivity (Wildman–Crippen MR) is 39.3 cm³/mol. The zero-order valence-electron chi connectivity index (χ0n) is 6.50. The average molecular weight is 142 g/mol. The van der Waals surface area contributed by atoms with Gasteiger partial charge in [-0.05, 0) is 26.4 Å². The molecule has 0 heterocycles. The van der Waals surface area contributed by atoms with Crippen LogP contribution >= 0.6 is 0 Å². The maximum absolute atomic E-state index is 10.6.